The first kappa shape index (κ1) is 12.9. The van der Waals surface area contributed by atoms with Crippen LogP contribution in [0.1, 0.15) is 41.6 Å². The number of rotatable bonds is 4. The van der Waals surface area contributed by atoms with E-state index >= 15 is 0 Å². The van der Waals surface area contributed by atoms with Crippen LogP contribution in [0.15, 0.2) is 18.2 Å². The maximum Gasteiger partial charge on any atom is 0.253 e. The Hall–Kier alpha value is -1.51. The molecule has 2 rings (SSSR count). The molecule has 1 amide bonds. The van der Waals surface area contributed by atoms with E-state index in [-0.39, 0.29) is 5.91 Å². The zero-order valence-corrected chi connectivity index (χ0v) is 11.3. The molecule has 1 aromatic carbocycles. The highest BCUT2D eigenvalue weighted by atomic mass is 16.1. The first-order valence-electron chi connectivity index (χ1n) is 6.77. The van der Waals surface area contributed by atoms with Gasteiger partial charge in [-0.1, -0.05) is 18.9 Å². The highest BCUT2D eigenvalue weighted by Crippen LogP contribution is 2.24. The van der Waals surface area contributed by atoms with Gasteiger partial charge >= 0.3 is 0 Å². The van der Waals surface area contributed by atoms with Crippen LogP contribution in [0.2, 0.25) is 0 Å². The van der Waals surface area contributed by atoms with Crippen molar-refractivity contribution < 1.29 is 4.79 Å². The zero-order valence-electron chi connectivity index (χ0n) is 11.3. The van der Waals surface area contributed by atoms with E-state index in [1.54, 1.807) is 0 Å². The Labute approximate surface area is 109 Å². The Morgan fingerprint density at radius 2 is 2.06 bits per heavy atom. The van der Waals surface area contributed by atoms with Crippen molar-refractivity contribution in [2.24, 2.45) is 5.92 Å². The summed E-state index contributed by atoms with van der Waals surface area (Å²) in [6.07, 6.45) is 5.14. The standard InChI is InChI=1S/C15H22N2O/c1-11-7-8-13(14(9-11)16-2)15(18)17-10-12-5-3-4-6-12/h7-9,12,16H,3-6,10H2,1-2H3,(H,17,18). The molecular formula is C15H22N2O. The summed E-state index contributed by atoms with van der Waals surface area (Å²) < 4.78 is 0. The molecule has 1 aliphatic rings. The van der Waals surface area contributed by atoms with Crippen molar-refractivity contribution in [3.05, 3.63) is 29.3 Å². The zero-order chi connectivity index (χ0) is 13.0. The van der Waals surface area contributed by atoms with E-state index in [4.69, 9.17) is 0 Å². The van der Waals surface area contributed by atoms with Gasteiger partial charge in [0.05, 0.1) is 5.56 Å². The molecule has 3 nitrogen and oxygen atoms in total. The molecule has 1 fully saturated rings. The van der Waals surface area contributed by atoms with E-state index in [2.05, 4.69) is 10.6 Å². The molecule has 0 saturated heterocycles. The van der Waals surface area contributed by atoms with Crippen molar-refractivity contribution in [3.8, 4) is 0 Å². The number of hydrogen-bond acceptors (Lipinski definition) is 2. The predicted octanol–water partition coefficient (Wildman–Crippen LogP) is 2.96. The monoisotopic (exact) mass is 246 g/mol. The second-order valence-electron chi connectivity index (χ2n) is 5.16. The van der Waals surface area contributed by atoms with Crippen LogP contribution in [-0.4, -0.2) is 19.5 Å². The molecule has 0 unspecified atom stereocenters. The fourth-order valence-corrected chi connectivity index (χ4v) is 2.61. The molecule has 1 aliphatic carbocycles. The van der Waals surface area contributed by atoms with Gasteiger partial charge in [0.25, 0.3) is 5.91 Å². The number of aryl methyl sites for hydroxylation is 1. The summed E-state index contributed by atoms with van der Waals surface area (Å²) >= 11 is 0. The summed E-state index contributed by atoms with van der Waals surface area (Å²) in [5.41, 5.74) is 2.80. The lowest BCUT2D eigenvalue weighted by molar-refractivity contribution is 0.0948. The van der Waals surface area contributed by atoms with Crippen LogP contribution < -0.4 is 10.6 Å². The average Bonchev–Trinajstić information content (AvgIpc) is 2.88. The third kappa shape index (κ3) is 3.03. The van der Waals surface area contributed by atoms with Crippen LogP contribution in [0.3, 0.4) is 0 Å². The molecule has 0 aliphatic heterocycles. The largest absolute Gasteiger partial charge is 0.387 e. The lowest BCUT2D eigenvalue weighted by Gasteiger charge is -2.13. The van der Waals surface area contributed by atoms with Gasteiger partial charge in [0.15, 0.2) is 0 Å². The second kappa shape index (κ2) is 5.89. The topological polar surface area (TPSA) is 41.1 Å². The van der Waals surface area contributed by atoms with Crippen molar-refractivity contribution in [2.45, 2.75) is 32.6 Å². The fourth-order valence-electron chi connectivity index (χ4n) is 2.61. The number of amides is 1. The van der Waals surface area contributed by atoms with Crippen molar-refractivity contribution in [1.82, 2.24) is 5.32 Å². The van der Waals surface area contributed by atoms with Crippen LogP contribution in [0.5, 0.6) is 0 Å². The summed E-state index contributed by atoms with van der Waals surface area (Å²) in [5, 5.41) is 6.14. The molecule has 18 heavy (non-hydrogen) atoms. The van der Waals surface area contributed by atoms with E-state index < -0.39 is 0 Å². The molecule has 0 radical (unpaired) electrons. The van der Waals surface area contributed by atoms with Gasteiger partial charge in [0.2, 0.25) is 0 Å². The van der Waals surface area contributed by atoms with Crippen molar-refractivity contribution in [1.29, 1.82) is 0 Å². The number of carbonyl (C=O) groups is 1. The Balaban J connectivity index is 1.99. The van der Waals surface area contributed by atoms with Gasteiger partial charge in [0, 0.05) is 19.3 Å². The number of anilines is 1. The summed E-state index contributed by atoms with van der Waals surface area (Å²) in [6.45, 7) is 2.84. The van der Waals surface area contributed by atoms with Gasteiger partial charge in [-0.15, -0.1) is 0 Å². The van der Waals surface area contributed by atoms with Crippen LogP contribution in [0.25, 0.3) is 0 Å². The Kier molecular flexibility index (Phi) is 4.24. The maximum absolute atomic E-state index is 12.1. The molecular weight excluding hydrogens is 224 g/mol. The molecule has 0 atom stereocenters. The van der Waals surface area contributed by atoms with Gasteiger partial charge in [-0.25, -0.2) is 0 Å². The fraction of sp³-hybridized carbons (Fsp3) is 0.533. The number of hydrogen-bond donors (Lipinski definition) is 2. The highest BCUT2D eigenvalue weighted by molar-refractivity contribution is 5.99. The smallest absolute Gasteiger partial charge is 0.253 e. The molecule has 0 bridgehead atoms. The second-order valence-corrected chi connectivity index (χ2v) is 5.16. The van der Waals surface area contributed by atoms with E-state index in [1.807, 2.05) is 32.2 Å². The molecule has 0 spiro atoms. The molecule has 0 aromatic heterocycles. The van der Waals surface area contributed by atoms with Crippen LogP contribution in [0.4, 0.5) is 5.69 Å². The molecule has 1 aromatic rings. The van der Waals surface area contributed by atoms with Crippen molar-refractivity contribution in [2.75, 3.05) is 18.9 Å². The van der Waals surface area contributed by atoms with Crippen LogP contribution in [0, 0.1) is 12.8 Å². The van der Waals surface area contributed by atoms with E-state index in [0.29, 0.717) is 5.92 Å². The van der Waals surface area contributed by atoms with Gasteiger partial charge in [0.1, 0.15) is 0 Å². The molecule has 98 valence electrons. The first-order valence-corrected chi connectivity index (χ1v) is 6.77. The quantitative estimate of drug-likeness (QED) is 0.857. The first-order chi connectivity index (χ1) is 8.70. The number of carbonyl (C=O) groups excluding carboxylic acids is 1. The average molecular weight is 246 g/mol. The normalized spacial score (nSPS) is 15.7. The van der Waals surface area contributed by atoms with Crippen molar-refractivity contribution in [3.63, 3.8) is 0 Å². The number of nitrogens with one attached hydrogen (secondary N) is 2. The number of benzene rings is 1. The van der Waals surface area contributed by atoms with Crippen molar-refractivity contribution >= 4 is 11.6 Å². The van der Waals surface area contributed by atoms with Crippen LogP contribution in [-0.2, 0) is 0 Å². The summed E-state index contributed by atoms with van der Waals surface area (Å²) in [4.78, 5) is 12.1. The minimum atomic E-state index is 0.0336. The highest BCUT2D eigenvalue weighted by Gasteiger charge is 2.17. The van der Waals surface area contributed by atoms with Gasteiger partial charge in [-0.05, 0) is 43.4 Å². The summed E-state index contributed by atoms with van der Waals surface area (Å²) in [6, 6.07) is 5.88. The molecule has 3 heteroatoms. The van der Waals surface area contributed by atoms with Gasteiger partial charge in [-0.2, -0.15) is 0 Å². The molecule has 2 N–H and O–H groups in total. The minimum Gasteiger partial charge on any atom is -0.387 e. The third-order valence-corrected chi connectivity index (χ3v) is 3.72. The Morgan fingerprint density at radius 1 is 1.33 bits per heavy atom. The van der Waals surface area contributed by atoms with Crippen LogP contribution >= 0.6 is 0 Å². The van der Waals surface area contributed by atoms with E-state index in [0.717, 1.165) is 23.4 Å². The molecule has 1 saturated carbocycles. The minimum absolute atomic E-state index is 0.0336. The lowest BCUT2D eigenvalue weighted by atomic mass is 10.1. The SMILES string of the molecule is CNc1cc(C)ccc1C(=O)NCC1CCCC1. The van der Waals surface area contributed by atoms with E-state index in [1.165, 1.54) is 25.7 Å². The Bertz CT molecular complexity index is 423. The van der Waals surface area contributed by atoms with Gasteiger partial charge < -0.3 is 10.6 Å². The predicted molar refractivity (Wildman–Crippen MR) is 75.0 cm³/mol. The Morgan fingerprint density at radius 3 is 2.72 bits per heavy atom. The third-order valence-electron chi connectivity index (χ3n) is 3.72. The molecule has 0 heterocycles. The summed E-state index contributed by atoms with van der Waals surface area (Å²) in [5.74, 6) is 0.712. The summed E-state index contributed by atoms with van der Waals surface area (Å²) in [7, 11) is 1.85. The maximum atomic E-state index is 12.1. The lowest BCUT2D eigenvalue weighted by Crippen LogP contribution is -2.28. The van der Waals surface area contributed by atoms with Gasteiger partial charge in [-0.3, -0.25) is 4.79 Å². The van der Waals surface area contributed by atoms with E-state index in [9.17, 15) is 4.79 Å².